The first-order valence-electron chi connectivity index (χ1n) is 8.17. The van der Waals surface area contributed by atoms with Gasteiger partial charge in [0.1, 0.15) is 11.8 Å². The van der Waals surface area contributed by atoms with Crippen molar-refractivity contribution in [2.75, 3.05) is 7.11 Å². The summed E-state index contributed by atoms with van der Waals surface area (Å²) in [5.41, 5.74) is 0.536. The predicted molar refractivity (Wildman–Crippen MR) is 86.1 cm³/mol. The number of esters is 2. The third kappa shape index (κ3) is 4.30. The van der Waals surface area contributed by atoms with Gasteiger partial charge < -0.3 is 9.47 Å². The topological polar surface area (TPSA) is 65.5 Å². The van der Waals surface area contributed by atoms with E-state index < -0.39 is 11.9 Å². The standard InChI is InChI=1S/C18H25NO4/c1-11(2)14-7-5-12(3)9-16(14)23-18(21)15-8-6-13(10-19-15)17(20)22-4/h6,8,10-12,14,16H,5,7,9H2,1-4H3/t12-,14+,16-/m1/s1. The minimum atomic E-state index is -0.474. The molecule has 2 rings (SSSR count). The largest absolute Gasteiger partial charge is 0.465 e. The van der Waals surface area contributed by atoms with Crippen LogP contribution in [0.3, 0.4) is 0 Å². The summed E-state index contributed by atoms with van der Waals surface area (Å²) in [7, 11) is 1.31. The van der Waals surface area contributed by atoms with E-state index in [9.17, 15) is 9.59 Å². The molecule has 5 heteroatoms. The number of hydrogen-bond acceptors (Lipinski definition) is 5. The van der Waals surface area contributed by atoms with Gasteiger partial charge in [0.2, 0.25) is 0 Å². The minimum absolute atomic E-state index is 0.0617. The highest BCUT2D eigenvalue weighted by Gasteiger charge is 2.33. The summed E-state index contributed by atoms with van der Waals surface area (Å²) in [5.74, 6) is 0.543. The summed E-state index contributed by atoms with van der Waals surface area (Å²) < 4.78 is 10.3. The highest BCUT2D eigenvalue weighted by atomic mass is 16.5. The Labute approximate surface area is 137 Å². The molecule has 0 aromatic carbocycles. The van der Waals surface area contributed by atoms with E-state index in [0.717, 1.165) is 12.8 Å². The first-order chi connectivity index (χ1) is 10.9. The quantitative estimate of drug-likeness (QED) is 0.795. The van der Waals surface area contributed by atoms with Crippen molar-refractivity contribution in [1.29, 1.82) is 0 Å². The lowest BCUT2D eigenvalue weighted by Gasteiger charge is -2.36. The van der Waals surface area contributed by atoms with Crippen LogP contribution in [0, 0.1) is 17.8 Å². The van der Waals surface area contributed by atoms with E-state index in [4.69, 9.17) is 4.74 Å². The molecule has 0 amide bonds. The molecule has 0 bridgehead atoms. The first kappa shape index (κ1) is 17.4. The summed E-state index contributed by atoms with van der Waals surface area (Å²) >= 11 is 0. The molecule has 3 atom stereocenters. The van der Waals surface area contributed by atoms with Crippen molar-refractivity contribution in [3.63, 3.8) is 0 Å². The van der Waals surface area contributed by atoms with Gasteiger partial charge in [-0.1, -0.05) is 27.2 Å². The Morgan fingerprint density at radius 1 is 1.22 bits per heavy atom. The van der Waals surface area contributed by atoms with Crippen molar-refractivity contribution in [2.24, 2.45) is 17.8 Å². The lowest BCUT2D eigenvalue weighted by Crippen LogP contribution is -2.36. The summed E-state index contributed by atoms with van der Waals surface area (Å²) in [5, 5.41) is 0. The third-order valence-corrected chi connectivity index (χ3v) is 4.61. The molecular formula is C18H25NO4. The average Bonchev–Trinajstić information content (AvgIpc) is 2.54. The Balaban J connectivity index is 2.06. The lowest BCUT2D eigenvalue weighted by atomic mass is 9.75. The van der Waals surface area contributed by atoms with Gasteiger partial charge in [-0.2, -0.15) is 0 Å². The molecule has 1 aliphatic carbocycles. The molecule has 1 aliphatic rings. The maximum atomic E-state index is 12.3. The van der Waals surface area contributed by atoms with Gasteiger partial charge in [-0.25, -0.2) is 14.6 Å². The van der Waals surface area contributed by atoms with Crippen molar-refractivity contribution >= 4 is 11.9 Å². The number of nitrogens with zero attached hydrogens (tertiary/aromatic N) is 1. The van der Waals surface area contributed by atoms with Gasteiger partial charge in [0.05, 0.1) is 12.7 Å². The number of aromatic nitrogens is 1. The Morgan fingerprint density at radius 3 is 2.52 bits per heavy atom. The second-order valence-corrected chi connectivity index (χ2v) is 6.69. The Morgan fingerprint density at radius 2 is 1.96 bits per heavy atom. The van der Waals surface area contributed by atoms with Crippen molar-refractivity contribution < 1.29 is 19.1 Å². The Hall–Kier alpha value is -1.91. The molecule has 1 fully saturated rings. The van der Waals surface area contributed by atoms with Crippen LogP contribution in [0.4, 0.5) is 0 Å². The van der Waals surface area contributed by atoms with Crippen LogP contribution in [0.1, 0.15) is 60.9 Å². The van der Waals surface area contributed by atoms with Gasteiger partial charge in [0.25, 0.3) is 0 Å². The molecule has 5 nitrogen and oxygen atoms in total. The molecule has 0 radical (unpaired) electrons. The van der Waals surface area contributed by atoms with E-state index in [-0.39, 0.29) is 11.8 Å². The van der Waals surface area contributed by atoms with Crippen LogP contribution in [-0.2, 0) is 9.47 Å². The second kappa shape index (κ2) is 7.57. The van der Waals surface area contributed by atoms with Crippen LogP contribution in [0.15, 0.2) is 18.3 Å². The number of methoxy groups -OCH3 is 1. The maximum absolute atomic E-state index is 12.3. The number of carbonyl (C=O) groups is 2. The SMILES string of the molecule is COC(=O)c1ccc(C(=O)O[C@@H]2C[C@H](C)CC[C@H]2C(C)C)nc1. The predicted octanol–water partition coefficient (Wildman–Crippen LogP) is 3.49. The van der Waals surface area contributed by atoms with E-state index in [1.807, 2.05) is 0 Å². The van der Waals surface area contributed by atoms with Crippen LogP contribution in [-0.4, -0.2) is 30.1 Å². The first-order valence-corrected chi connectivity index (χ1v) is 8.17. The van der Waals surface area contributed by atoms with Gasteiger partial charge in [0, 0.05) is 6.20 Å². The average molecular weight is 319 g/mol. The Bertz CT molecular complexity index is 553. The molecule has 1 saturated carbocycles. The fourth-order valence-electron chi connectivity index (χ4n) is 3.20. The zero-order valence-corrected chi connectivity index (χ0v) is 14.2. The van der Waals surface area contributed by atoms with Gasteiger partial charge in [-0.05, 0) is 42.7 Å². The van der Waals surface area contributed by atoms with Gasteiger partial charge in [-0.3, -0.25) is 0 Å². The molecule has 0 saturated heterocycles. The number of rotatable bonds is 4. The van der Waals surface area contributed by atoms with Gasteiger partial charge in [-0.15, -0.1) is 0 Å². The van der Waals surface area contributed by atoms with E-state index in [0.29, 0.717) is 23.3 Å². The zero-order chi connectivity index (χ0) is 17.0. The number of hydrogen-bond donors (Lipinski definition) is 0. The number of ether oxygens (including phenoxy) is 2. The minimum Gasteiger partial charge on any atom is -0.465 e. The molecule has 1 heterocycles. The van der Waals surface area contributed by atoms with Crippen molar-refractivity contribution in [1.82, 2.24) is 4.98 Å². The molecule has 0 spiro atoms. The van der Waals surface area contributed by atoms with Crippen LogP contribution in [0.25, 0.3) is 0 Å². The van der Waals surface area contributed by atoms with E-state index in [1.54, 1.807) is 0 Å². The van der Waals surface area contributed by atoms with Crippen LogP contribution in [0.2, 0.25) is 0 Å². The summed E-state index contributed by atoms with van der Waals surface area (Å²) in [6, 6.07) is 3.03. The summed E-state index contributed by atoms with van der Waals surface area (Å²) in [6.07, 6.45) is 4.45. The maximum Gasteiger partial charge on any atom is 0.357 e. The van der Waals surface area contributed by atoms with Crippen LogP contribution >= 0.6 is 0 Å². The molecule has 0 aliphatic heterocycles. The summed E-state index contributed by atoms with van der Waals surface area (Å²) in [4.78, 5) is 27.8. The lowest BCUT2D eigenvalue weighted by molar-refractivity contribution is -0.0179. The normalized spacial score (nSPS) is 24.3. The molecule has 1 aromatic rings. The van der Waals surface area contributed by atoms with E-state index >= 15 is 0 Å². The number of pyridine rings is 1. The highest BCUT2D eigenvalue weighted by Crippen LogP contribution is 2.35. The smallest absolute Gasteiger partial charge is 0.357 e. The third-order valence-electron chi connectivity index (χ3n) is 4.61. The van der Waals surface area contributed by atoms with Crippen molar-refractivity contribution in [3.8, 4) is 0 Å². The highest BCUT2D eigenvalue weighted by molar-refractivity contribution is 5.91. The van der Waals surface area contributed by atoms with Gasteiger partial charge in [0.15, 0.2) is 0 Å². The van der Waals surface area contributed by atoms with Crippen molar-refractivity contribution in [2.45, 2.75) is 46.1 Å². The monoisotopic (exact) mass is 319 g/mol. The fraction of sp³-hybridized carbons (Fsp3) is 0.611. The molecule has 126 valence electrons. The fourth-order valence-corrected chi connectivity index (χ4v) is 3.20. The number of carbonyl (C=O) groups excluding carboxylic acids is 2. The van der Waals surface area contributed by atoms with E-state index in [2.05, 4.69) is 30.5 Å². The van der Waals surface area contributed by atoms with E-state index in [1.165, 1.54) is 31.9 Å². The van der Waals surface area contributed by atoms with Crippen molar-refractivity contribution in [3.05, 3.63) is 29.6 Å². The molecule has 0 unspecified atom stereocenters. The molecular weight excluding hydrogens is 294 g/mol. The second-order valence-electron chi connectivity index (χ2n) is 6.69. The Kier molecular flexibility index (Phi) is 5.74. The zero-order valence-electron chi connectivity index (χ0n) is 14.2. The van der Waals surface area contributed by atoms with Crippen LogP contribution in [0.5, 0.6) is 0 Å². The van der Waals surface area contributed by atoms with Crippen LogP contribution < -0.4 is 0 Å². The molecule has 1 aromatic heterocycles. The molecule has 0 N–H and O–H groups in total. The summed E-state index contributed by atoms with van der Waals surface area (Å²) in [6.45, 7) is 6.54. The van der Waals surface area contributed by atoms with Gasteiger partial charge >= 0.3 is 11.9 Å². The molecule has 23 heavy (non-hydrogen) atoms.